The number of para-hydroxylation sites is 2. The molecule has 0 spiro atoms. The number of rotatable bonds is 4. The van der Waals surface area contributed by atoms with Crippen LogP contribution in [0.2, 0.25) is 0 Å². The van der Waals surface area contributed by atoms with E-state index in [0.29, 0.717) is 16.1 Å². The van der Waals surface area contributed by atoms with Crippen LogP contribution in [0.5, 0.6) is 0 Å². The Bertz CT molecular complexity index is 1630. The van der Waals surface area contributed by atoms with Crippen molar-refractivity contribution >= 4 is 17.0 Å². The van der Waals surface area contributed by atoms with Gasteiger partial charge in [-0.25, -0.2) is 9.67 Å². The smallest absolute Gasteiger partial charge is 0.283 e. The molecule has 2 aromatic heterocycles. The maximum Gasteiger partial charge on any atom is 0.296 e. The number of hydrogen-bond acceptors (Lipinski definition) is 4. The number of thiazole rings is 1. The quantitative estimate of drug-likeness (QED) is 0.372. The van der Waals surface area contributed by atoms with Gasteiger partial charge in [0.25, 0.3) is 5.56 Å². The molecule has 5 rings (SSSR count). The van der Waals surface area contributed by atoms with Gasteiger partial charge in [-0.2, -0.15) is 5.26 Å². The highest BCUT2D eigenvalue weighted by molar-refractivity contribution is 7.07. The van der Waals surface area contributed by atoms with Gasteiger partial charge in [0.15, 0.2) is 4.80 Å². The summed E-state index contributed by atoms with van der Waals surface area (Å²) in [6, 6.07) is 28.8. The Morgan fingerprint density at radius 3 is 2.21 bits per heavy atom. The van der Waals surface area contributed by atoms with E-state index in [4.69, 9.17) is 4.99 Å². The van der Waals surface area contributed by atoms with E-state index in [0.717, 1.165) is 28.3 Å². The zero-order valence-corrected chi connectivity index (χ0v) is 19.5. The second-order valence-corrected chi connectivity index (χ2v) is 8.62. The Balaban J connectivity index is 1.82. The van der Waals surface area contributed by atoms with E-state index in [1.165, 1.54) is 11.3 Å². The molecule has 0 unspecified atom stereocenters. The van der Waals surface area contributed by atoms with Crippen molar-refractivity contribution in [1.82, 2.24) is 13.9 Å². The highest BCUT2D eigenvalue weighted by atomic mass is 32.1. The maximum atomic E-state index is 13.8. The molecule has 0 amide bonds. The lowest BCUT2D eigenvalue weighted by Gasteiger charge is -2.08. The van der Waals surface area contributed by atoms with Crippen LogP contribution >= 0.6 is 11.3 Å². The summed E-state index contributed by atoms with van der Waals surface area (Å²) in [5.41, 5.74) is 5.16. The summed E-state index contributed by atoms with van der Waals surface area (Å²) in [5.74, 6) is 0. The molecular weight excluding hydrogens is 442 g/mol. The first-order chi connectivity index (χ1) is 16.6. The zero-order chi connectivity index (χ0) is 23.7. The third-order valence-corrected chi connectivity index (χ3v) is 6.57. The molecule has 34 heavy (non-hydrogen) atoms. The maximum absolute atomic E-state index is 13.8. The molecule has 0 saturated heterocycles. The minimum atomic E-state index is -0.131. The lowest BCUT2D eigenvalue weighted by Crippen LogP contribution is -2.24. The zero-order valence-electron chi connectivity index (χ0n) is 18.7. The van der Waals surface area contributed by atoms with Gasteiger partial charge in [0.2, 0.25) is 0 Å². The van der Waals surface area contributed by atoms with Crippen molar-refractivity contribution in [1.29, 1.82) is 5.26 Å². The summed E-state index contributed by atoms with van der Waals surface area (Å²) < 4.78 is 5.47. The van der Waals surface area contributed by atoms with Gasteiger partial charge in [0.1, 0.15) is 5.69 Å². The molecule has 0 aliphatic rings. The average Bonchev–Trinajstić information content (AvgIpc) is 3.37. The third kappa shape index (κ3) is 3.70. The van der Waals surface area contributed by atoms with E-state index >= 15 is 0 Å². The molecule has 0 radical (unpaired) electrons. The van der Waals surface area contributed by atoms with E-state index in [1.807, 2.05) is 101 Å². The van der Waals surface area contributed by atoms with Gasteiger partial charge >= 0.3 is 0 Å². The fraction of sp³-hybridized carbons (Fsp3) is 0.0741. The molecule has 0 saturated carbocycles. The first-order valence-electron chi connectivity index (χ1n) is 10.7. The second kappa shape index (κ2) is 8.85. The molecule has 3 aromatic carbocycles. The molecule has 2 heterocycles. The van der Waals surface area contributed by atoms with Gasteiger partial charge in [-0.05, 0) is 48.9 Å². The summed E-state index contributed by atoms with van der Waals surface area (Å²) in [4.78, 5) is 19.4. The van der Waals surface area contributed by atoms with Gasteiger partial charge in [-0.3, -0.25) is 14.0 Å². The normalized spacial score (nSPS) is 11.5. The minimum Gasteiger partial charge on any atom is -0.283 e. The summed E-state index contributed by atoms with van der Waals surface area (Å²) >= 11 is 1.47. The van der Waals surface area contributed by atoms with Gasteiger partial charge in [0.05, 0.1) is 34.4 Å². The van der Waals surface area contributed by atoms with Crippen LogP contribution in [0, 0.1) is 18.3 Å². The van der Waals surface area contributed by atoms with Crippen molar-refractivity contribution in [3.05, 3.63) is 117 Å². The fourth-order valence-electron chi connectivity index (χ4n) is 3.95. The molecule has 0 bridgehead atoms. The van der Waals surface area contributed by atoms with Crippen LogP contribution in [0.4, 0.5) is 5.69 Å². The van der Waals surface area contributed by atoms with Crippen molar-refractivity contribution in [3.63, 3.8) is 0 Å². The number of benzene rings is 3. The number of aromatic nitrogens is 3. The Morgan fingerprint density at radius 1 is 0.912 bits per heavy atom. The van der Waals surface area contributed by atoms with E-state index in [-0.39, 0.29) is 5.56 Å². The van der Waals surface area contributed by atoms with Gasteiger partial charge < -0.3 is 0 Å². The summed E-state index contributed by atoms with van der Waals surface area (Å²) in [7, 11) is 1.88. The van der Waals surface area contributed by atoms with Crippen LogP contribution in [-0.2, 0) is 7.05 Å². The van der Waals surface area contributed by atoms with Crippen LogP contribution < -0.4 is 10.4 Å². The molecule has 5 aromatic rings. The monoisotopic (exact) mass is 463 g/mol. The Labute approximate surface area is 200 Å². The SMILES string of the molecule is Cc1c(-n2c(-c3ccc(C#N)cc3)csc2=Nc2ccccc2)c(=O)n(-c2ccccc2)n1C. The van der Waals surface area contributed by atoms with Crippen molar-refractivity contribution < 1.29 is 0 Å². The largest absolute Gasteiger partial charge is 0.296 e. The highest BCUT2D eigenvalue weighted by Gasteiger charge is 2.22. The molecule has 0 fully saturated rings. The lowest BCUT2D eigenvalue weighted by molar-refractivity contribution is 0.630. The predicted molar refractivity (Wildman–Crippen MR) is 135 cm³/mol. The van der Waals surface area contributed by atoms with Crippen molar-refractivity contribution in [2.24, 2.45) is 12.0 Å². The Kier molecular flexibility index (Phi) is 5.58. The van der Waals surface area contributed by atoms with Crippen LogP contribution in [0.25, 0.3) is 22.6 Å². The van der Waals surface area contributed by atoms with Gasteiger partial charge in [-0.15, -0.1) is 11.3 Å². The van der Waals surface area contributed by atoms with E-state index in [9.17, 15) is 10.1 Å². The number of nitrogens with zero attached hydrogens (tertiary/aromatic N) is 5. The summed E-state index contributed by atoms with van der Waals surface area (Å²) in [6.07, 6.45) is 0. The molecular formula is C27H21N5OS. The molecule has 6 nitrogen and oxygen atoms in total. The van der Waals surface area contributed by atoms with Crippen molar-refractivity contribution in [2.45, 2.75) is 6.92 Å². The fourth-order valence-corrected chi connectivity index (χ4v) is 4.86. The van der Waals surface area contributed by atoms with Crippen LogP contribution in [0.1, 0.15) is 11.3 Å². The molecule has 0 atom stereocenters. The molecule has 0 aliphatic carbocycles. The van der Waals surface area contributed by atoms with Crippen molar-refractivity contribution in [3.8, 4) is 28.7 Å². The number of nitriles is 1. The van der Waals surface area contributed by atoms with E-state index < -0.39 is 0 Å². The van der Waals surface area contributed by atoms with E-state index in [2.05, 4.69) is 6.07 Å². The van der Waals surface area contributed by atoms with Gasteiger partial charge in [0, 0.05) is 12.4 Å². The highest BCUT2D eigenvalue weighted by Crippen LogP contribution is 2.25. The minimum absolute atomic E-state index is 0.131. The standard InChI is InChI=1S/C27H21N5OS/c1-19-25(26(33)32(30(19)2)23-11-7-4-8-12-23)31-24(21-15-13-20(17-28)14-16-21)18-34-27(31)29-22-9-5-3-6-10-22/h3-16,18H,1-2H3. The topological polar surface area (TPSA) is 68.0 Å². The van der Waals surface area contributed by atoms with Gasteiger partial charge in [-0.1, -0.05) is 48.5 Å². The second-order valence-electron chi connectivity index (χ2n) is 7.79. The van der Waals surface area contributed by atoms with Crippen LogP contribution in [0.3, 0.4) is 0 Å². The molecule has 7 heteroatoms. The Hall–Kier alpha value is -4.41. The molecule has 0 aliphatic heterocycles. The van der Waals surface area contributed by atoms with Crippen molar-refractivity contribution in [2.75, 3.05) is 0 Å². The first kappa shape index (κ1) is 21.4. The first-order valence-corrected chi connectivity index (χ1v) is 11.6. The summed E-state index contributed by atoms with van der Waals surface area (Å²) in [5, 5.41) is 11.2. The predicted octanol–water partition coefficient (Wildman–Crippen LogP) is 5.11. The molecule has 166 valence electrons. The van der Waals surface area contributed by atoms with E-state index in [1.54, 1.807) is 16.8 Å². The lowest BCUT2D eigenvalue weighted by atomic mass is 10.1. The number of hydrogen-bond donors (Lipinski definition) is 0. The Morgan fingerprint density at radius 2 is 1.56 bits per heavy atom. The van der Waals surface area contributed by atoms with Crippen LogP contribution in [-0.4, -0.2) is 13.9 Å². The third-order valence-electron chi connectivity index (χ3n) is 5.75. The molecule has 0 N–H and O–H groups in total. The average molecular weight is 464 g/mol. The van der Waals surface area contributed by atoms with Crippen LogP contribution in [0.15, 0.2) is 100 Å². The summed E-state index contributed by atoms with van der Waals surface area (Å²) in [6.45, 7) is 1.94.